The van der Waals surface area contributed by atoms with Crippen molar-refractivity contribution in [2.24, 2.45) is 16.7 Å². The molecular formula is C10H17BrO5S. The van der Waals surface area contributed by atoms with Gasteiger partial charge >= 0.3 is 0 Å². The standard InChI is InChI=1S/C10H15BrO4S.H2O/c1-9(2)6-3-4-10(9,5-16(13,14)15)8(12)7(6)11;/h6-7H,3-5H2,1-2H3,(H,13,14,15);1H2/t6-,7?,10-;/m1./s1. The van der Waals surface area contributed by atoms with E-state index in [-0.39, 0.29) is 27.4 Å². The van der Waals surface area contributed by atoms with E-state index >= 15 is 0 Å². The normalized spacial score (nSPS) is 39.2. The molecule has 0 aromatic heterocycles. The zero-order chi connectivity index (χ0) is 12.4. The van der Waals surface area contributed by atoms with E-state index in [1.54, 1.807) is 0 Å². The minimum atomic E-state index is -4.12. The van der Waals surface area contributed by atoms with Gasteiger partial charge < -0.3 is 5.48 Å². The lowest BCUT2D eigenvalue weighted by Gasteiger charge is -2.35. The lowest BCUT2D eigenvalue weighted by Crippen LogP contribution is -2.43. The van der Waals surface area contributed by atoms with Gasteiger partial charge in [0, 0.05) is 0 Å². The van der Waals surface area contributed by atoms with Crippen molar-refractivity contribution in [1.82, 2.24) is 0 Å². The van der Waals surface area contributed by atoms with Crippen LogP contribution >= 0.6 is 15.9 Å². The number of Topliss-reactive ketones (excluding diaryl/α,β-unsaturated/α-hetero) is 1. The van der Waals surface area contributed by atoms with Gasteiger partial charge in [-0.05, 0) is 24.2 Å². The summed E-state index contributed by atoms with van der Waals surface area (Å²) in [6.45, 7) is 3.85. The first-order chi connectivity index (χ1) is 7.12. The third kappa shape index (κ3) is 1.87. The highest BCUT2D eigenvalue weighted by atomic mass is 79.9. The van der Waals surface area contributed by atoms with Gasteiger partial charge in [-0.3, -0.25) is 9.35 Å². The molecule has 0 aliphatic heterocycles. The van der Waals surface area contributed by atoms with Crippen molar-refractivity contribution in [3.05, 3.63) is 0 Å². The molecule has 17 heavy (non-hydrogen) atoms. The van der Waals surface area contributed by atoms with Crippen molar-refractivity contribution in [2.45, 2.75) is 31.5 Å². The summed E-state index contributed by atoms with van der Waals surface area (Å²) in [6.07, 6.45) is 1.40. The Kier molecular flexibility index (Phi) is 3.56. The Morgan fingerprint density at radius 3 is 2.35 bits per heavy atom. The Hall–Kier alpha value is 0.0200. The van der Waals surface area contributed by atoms with Gasteiger partial charge in [-0.1, -0.05) is 29.8 Å². The number of hydrogen-bond donors (Lipinski definition) is 1. The maximum Gasteiger partial charge on any atom is 0.265 e. The first-order valence-electron chi connectivity index (χ1n) is 5.25. The molecule has 0 heterocycles. The molecule has 3 N–H and O–H groups in total. The van der Waals surface area contributed by atoms with Crippen molar-refractivity contribution in [1.29, 1.82) is 0 Å². The van der Waals surface area contributed by atoms with Gasteiger partial charge in [-0.15, -0.1) is 0 Å². The minimum Gasteiger partial charge on any atom is -0.412 e. The van der Waals surface area contributed by atoms with Crippen molar-refractivity contribution in [2.75, 3.05) is 5.75 Å². The monoisotopic (exact) mass is 328 g/mol. The summed E-state index contributed by atoms with van der Waals surface area (Å²) in [4.78, 5) is 11.9. The van der Waals surface area contributed by atoms with E-state index in [0.29, 0.717) is 6.42 Å². The summed E-state index contributed by atoms with van der Waals surface area (Å²) in [5.74, 6) is -0.335. The lowest BCUT2D eigenvalue weighted by atomic mass is 9.70. The second-order valence-electron chi connectivity index (χ2n) is 5.44. The topological polar surface area (TPSA) is 103 Å². The molecule has 2 fully saturated rings. The lowest BCUT2D eigenvalue weighted by molar-refractivity contribution is -0.127. The summed E-state index contributed by atoms with van der Waals surface area (Å²) < 4.78 is 31.2. The average molecular weight is 329 g/mol. The fourth-order valence-corrected chi connectivity index (χ4v) is 6.12. The average Bonchev–Trinajstić information content (AvgIpc) is 2.39. The van der Waals surface area contributed by atoms with Crippen molar-refractivity contribution in [3.63, 3.8) is 0 Å². The predicted molar refractivity (Wildman–Crippen MR) is 66.7 cm³/mol. The van der Waals surface area contributed by atoms with Crippen LogP contribution in [0.15, 0.2) is 0 Å². The number of carbonyl (C=O) groups excluding carboxylic acids is 1. The summed E-state index contributed by atoms with van der Waals surface area (Å²) in [5, 5.41) is 0. The van der Waals surface area contributed by atoms with Gasteiger partial charge in [0.25, 0.3) is 10.1 Å². The van der Waals surface area contributed by atoms with Gasteiger partial charge in [-0.25, -0.2) is 0 Å². The first kappa shape index (κ1) is 15.1. The van der Waals surface area contributed by atoms with Gasteiger partial charge in [0.15, 0.2) is 5.78 Å². The molecule has 3 atom stereocenters. The molecular weight excluding hydrogens is 312 g/mol. The van der Waals surface area contributed by atoms with E-state index < -0.39 is 21.3 Å². The van der Waals surface area contributed by atoms with Crippen LogP contribution in [-0.2, 0) is 14.9 Å². The van der Waals surface area contributed by atoms with E-state index in [4.69, 9.17) is 4.55 Å². The zero-order valence-electron chi connectivity index (χ0n) is 9.73. The van der Waals surface area contributed by atoms with Gasteiger partial charge in [0.2, 0.25) is 0 Å². The van der Waals surface area contributed by atoms with Crippen LogP contribution in [0.1, 0.15) is 26.7 Å². The van der Waals surface area contributed by atoms with E-state index in [1.807, 2.05) is 13.8 Å². The number of fused-ring (bicyclic) bond motifs is 2. The molecule has 0 radical (unpaired) electrons. The molecule has 1 unspecified atom stereocenters. The van der Waals surface area contributed by atoms with Crippen LogP contribution in [-0.4, -0.2) is 34.8 Å². The smallest absolute Gasteiger partial charge is 0.265 e. The molecule has 0 aromatic rings. The van der Waals surface area contributed by atoms with Crippen LogP contribution in [0.3, 0.4) is 0 Å². The van der Waals surface area contributed by atoms with E-state index in [1.165, 1.54) is 0 Å². The van der Waals surface area contributed by atoms with Crippen LogP contribution in [0.25, 0.3) is 0 Å². The molecule has 7 heteroatoms. The van der Waals surface area contributed by atoms with Gasteiger partial charge in [0.1, 0.15) is 0 Å². The SMILES string of the molecule is CC1(C)[C@@H]2CC[C@@]1(CS(=O)(=O)O)C(=O)C2Br.O. The van der Waals surface area contributed by atoms with Gasteiger partial charge in [0.05, 0.1) is 16.0 Å². The predicted octanol–water partition coefficient (Wildman–Crippen LogP) is 0.818. The van der Waals surface area contributed by atoms with E-state index in [0.717, 1.165) is 6.42 Å². The molecule has 100 valence electrons. The molecule has 5 nitrogen and oxygen atoms in total. The molecule has 2 aliphatic carbocycles. The molecule has 2 bridgehead atoms. The van der Waals surface area contributed by atoms with Crippen LogP contribution in [0.2, 0.25) is 0 Å². The van der Waals surface area contributed by atoms with Crippen LogP contribution in [0.5, 0.6) is 0 Å². The Balaban J connectivity index is 0.00000144. The Morgan fingerprint density at radius 2 is 2.00 bits per heavy atom. The number of alkyl halides is 1. The minimum absolute atomic E-state index is 0. The Morgan fingerprint density at radius 1 is 1.47 bits per heavy atom. The number of ketones is 1. The highest BCUT2D eigenvalue weighted by Gasteiger charge is 2.69. The molecule has 0 amide bonds. The Bertz CT molecular complexity index is 444. The zero-order valence-corrected chi connectivity index (χ0v) is 12.1. The molecule has 2 saturated carbocycles. The quantitative estimate of drug-likeness (QED) is 0.598. The van der Waals surface area contributed by atoms with Crippen molar-refractivity contribution < 1.29 is 23.2 Å². The maximum absolute atomic E-state index is 12.2. The molecule has 2 aliphatic rings. The van der Waals surface area contributed by atoms with Crippen LogP contribution in [0, 0.1) is 16.7 Å². The number of rotatable bonds is 2. The summed E-state index contributed by atoms with van der Waals surface area (Å²) in [7, 11) is -4.12. The van der Waals surface area contributed by atoms with Gasteiger partial charge in [-0.2, -0.15) is 8.42 Å². The molecule has 0 aromatic carbocycles. The fourth-order valence-electron chi connectivity index (χ4n) is 3.48. The highest BCUT2D eigenvalue weighted by molar-refractivity contribution is 9.10. The summed E-state index contributed by atoms with van der Waals surface area (Å²) in [5.41, 5.74) is -1.27. The van der Waals surface area contributed by atoms with Crippen LogP contribution < -0.4 is 0 Å². The number of carbonyl (C=O) groups is 1. The number of hydrogen-bond acceptors (Lipinski definition) is 3. The first-order valence-corrected chi connectivity index (χ1v) is 7.78. The maximum atomic E-state index is 12.2. The van der Waals surface area contributed by atoms with Crippen LogP contribution in [0.4, 0.5) is 0 Å². The molecule has 0 saturated heterocycles. The van der Waals surface area contributed by atoms with E-state index in [9.17, 15) is 13.2 Å². The largest absolute Gasteiger partial charge is 0.412 e. The highest BCUT2D eigenvalue weighted by Crippen LogP contribution is 2.65. The number of halogens is 1. The Labute approximate surface area is 109 Å². The summed E-state index contributed by atoms with van der Waals surface area (Å²) in [6, 6.07) is 0. The molecule has 0 spiro atoms. The summed E-state index contributed by atoms with van der Waals surface area (Å²) >= 11 is 3.35. The molecule has 2 rings (SSSR count). The van der Waals surface area contributed by atoms with Crippen molar-refractivity contribution in [3.8, 4) is 0 Å². The second-order valence-corrected chi connectivity index (χ2v) is 7.88. The fraction of sp³-hybridized carbons (Fsp3) is 0.900. The third-order valence-electron chi connectivity index (χ3n) is 4.55. The van der Waals surface area contributed by atoms with Crippen molar-refractivity contribution >= 4 is 31.8 Å². The van der Waals surface area contributed by atoms with E-state index in [2.05, 4.69) is 15.9 Å². The third-order valence-corrected chi connectivity index (χ3v) is 6.46. The second kappa shape index (κ2) is 4.01.